The molecule has 0 radical (unpaired) electrons. The summed E-state index contributed by atoms with van der Waals surface area (Å²) in [5.74, 6) is 0. The quantitative estimate of drug-likeness (QED) is 0.605. The third kappa shape index (κ3) is 2.07. The van der Waals surface area contributed by atoms with E-state index in [0.29, 0.717) is 0 Å². The summed E-state index contributed by atoms with van der Waals surface area (Å²) in [5.41, 5.74) is 4.90. The lowest BCUT2D eigenvalue weighted by atomic mass is 10.1. The number of H-pyrrole nitrogens is 1. The normalized spacial score (nSPS) is 10.9. The van der Waals surface area contributed by atoms with Gasteiger partial charge in [-0.1, -0.05) is 36.4 Å². The van der Waals surface area contributed by atoms with Crippen LogP contribution in [0.2, 0.25) is 0 Å². The minimum absolute atomic E-state index is 0.724. The Morgan fingerprint density at radius 3 is 2.48 bits per heavy atom. The van der Waals surface area contributed by atoms with Gasteiger partial charge in [0, 0.05) is 40.7 Å². The number of pyridine rings is 2. The van der Waals surface area contributed by atoms with Gasteiger partial charge in [0.2, 0.25) is 0 Å². The molecule has 0 fully saturated rings. The van der Waals surface area contributed by atoms with E-state index in [0.717, 1.165) is 33.4 Å². The number of fused-ring (bicyclic) bond motifs is 1. The van der Waals surface area contributed by atoms with E-state index in [2.05, 4.69) is 38.4 Å². The zero-order valence-corrected chi connectivity index (χ0v) is 11.2. The molecule has 0 atom stereocenters. The minimum Gasteiger partial charge on any atom is -0.275 e. The minimum atomic E-state index is 0.724. The van der Waals surface area contributed by atoms with Gasteiger partial charge in [0.1, 0.15) is 0 Å². The van der Waals surface area contributed by atoms with Gasteiger partial charge in [-0.25, -0.2) is 4.98 Å². The van der Waals surface area contributed by atoms with Crippen LogP contribution in [0, 0.1) is 0 Å². The smallest absolute Gasteiger partial charge is 0.181 e. The van der Waals surface area contributed by atoms with Crippen molar-refractivity contribution in [3.63, 3.8) is 0 Å². The fourth-order valence-electron chi connectivity index (χ4n) is 2.42. The van der Waals surface area contributed by atoms with E-state index < -0.39 is 0 Å². The first-order valence-corrected chi connectivity index (χ1v) is 6.72. The predicted octanol–water partition coefficient (Wildman–Crippen LogP) is 3.69. The van der Waals surface area contributed by atoms with Crippen LogP contribution in [-0.2, 0) is 0 Å². The van der Waals surface area contributed by atoms with E-state index in [1.165, 1.54) is 0 Å². The van der Waals surface area contributed by atoms with Crippen molar-refractivity contribution in [3.8, 4) is 22.4 Å². The van der Waals surface area contributed by atoms with Crippen molar-refractivity contribution in [2.45, 2.75) is 0 Å². The number of nitrogens with one attached hydrogen (secondary N) is 1. The Hall–Kier alpha value is -3.01. The molecule has 0 saturated heterocycles. The monoisotopic (exact) mass is 272 g/mol. The molecule has 0 aliphatic rings. The lowest BCUT2D eigenvalue weighted by Crippen LogP contribution is -1.83. The zero-order chi connectivity index (χ0) is 14.1. The second-order valence-electron chi connectivity index (χ2n) is 4.80. The van der Waals surface area contributed by atoms with Gasteiger partial charge in [0.05, 0.1) is 5.69 Å². The van der Waals surface area contributed by atoms with E-state index in [1.54, 1.807) is 6.20 Å². The number of benzene rings is 1. The Labute approximate surface area is 121 Å². The van der Waals surface area contributed by atoms with Gasteiger partial charge < -0.3 is 0 Å². The van der Waals surface area contributed by atoms with Crippen LogP contribution in [0.5, 0.6) is 0 Å². The van der Waals surface area contributed by atoms with Crippen molar-refractivity contribution in [3.05, 3.63) is 67.1 Å². The van der Waals surface area contributed by atoms with Crippen LogP contribution in [0.3, 0.4) is 0 Å². The van der Waals surface area contributed by atoms with Crippen molar-refractivity contribution in [1.82, 2.24) is 20.2 Å². The SMILES string of the molecule is c1ccc(-c2[nH]nc3ncc(-c4cccnc4)cc23)cc1. The fourth-order valence-corrected chi connectivity index (χ4v) is 2.42. The highest BCUT2D eigenvalue weighted by atomic mass is 15.1. The maximum atomic E-state index is 4.43. The molecular formula is C17H12N4. The summed E-state index contributed by atoms with van der Waals surface area (Å²) in [4.78, 5) is 8.59. The van der Waals surface area contributed by atoms with Gasteiger partial charge in [-0.05, 0) is 12.1 Å². The molecule has 0 aliphatic heterocycles. The topological polar surface area (TPSA) is 54.5 Å². The average Bonchev–Trinajstić information content (AvgIpc) is 2.99. The third-order valence-corrected chi connectivity index (χ3v) is 3.47. The summed E-state index contributed by atoms with van der Waals surface area (Å²) >= 11 is 0. The van der Waals surface area contributed by atoms with Crippen molar-refractivity contribution in [2.75, 3.05) is 0 Å². The second kappa shape index (κ2) is 4.83. The van der Waals surface area contributed by atoms with Crippen molar-refractivity contribution < 1.29 is 0 Å². The van der Waals surface area contributed by atoms with Gasteiger partial charge in [-0.15, -0.1) is 0 Å². The first-order chi connectivity index (χ1) is 10.4. The van der Waals surface area contributed by atoms with Crippen LogP contribution in [0.1, 0.15) is 0 Å². The second-order valence-corrected chi connectivity index (χ2v) is 4.80. The molecule has 21 heavy (non-hydrogen) atoms. The van der Waals surface area contributed by atoms with Crippen LogP contribution >= 0.6 is 0 Å². The molecular weight excluding hydrogens is 260 g/mol. The Morgan fingerprint density at radius 2 is 1.67 bits per heavy atom. The number of nitrogens with zero attached hydrogens (tertiary/aromatic N) is 3. The Kier molecular flexibility index (Phi) is 2.71. The molecule has 0 spiro atoms. The number of hydrogen-bond donors (Lipinski definition) is 1. The highest BCUT2D eigenvalue weighted by Gasteiger charge is 2.10. The van der Waals surface area contributed by atoms with Crippen LogP contribution in [-0.4, -0.2) is 20.2 Å². The average molecular weight is 272 g/mol. The molecule has 4 heteroatoms. The number of rotatable bonds is 2. The molecule has 1 aromatic carbocycles. The summed E-state index contributed by atoms with van der Waals surface area (Å²) in [6.45, 7) is 0. The van der Waals surface area contributed by atoms with Gasteiger partial charge in [0.15, 0.2) is 5.65 Å². The molecule has 4 rings (SSSR count). The van der Waals surface area contributed by atoms with Gasteiger partial charge in [-0.2, -0.15) is 5.10 Å². The van der Waals surface area contributed by atoms with Crippen LogP contribution in [0.15, 0.2) is 67.1 Å². The van der Waals surface area contributed by atoms with Crippen molar-refractivity contribution in [1.29, 1.82) is 0 Å². The predicted molar refractivity (Wildman–Crippen MR) is 82.6 cm³/mol. The van der Waals surface area contributed by atoms with E-state index in [4.69, 9.17) is 0 Å². The van der Waals surface area contributed by atoms with E-state index in [-0.39, 0.29) is 0 Å². The number of aromatic nitrogens is 4. The molecule has 0 saturated carbocycles. The largest absolute Gasteiger partial charge is 0.275 e. The van der Waals surface area contributed by atoms with Gasteiger partial charge in [-0.3, -0.25) is 10.1 Å². The maximum Gasteiger partial charge on any atom is 0.181 e. The molecule has 0 unspecified atom stereocenters. The maximum absolute atomic E-state index is 4.43. The molecule has 0 aliphatic carbocycles. The summed E-state index contributed by atoms with van der Waals surface area (Å²) in [6, 6.07) is 16.2. The summed E-state index contributed by atoms with van der Waals surface area (Å²) < 4.78 is 0. The highest BCUT2D eigenvalue weighted by Crippen LogP contribution is 2.28. The van der Waals surface area contributed by atoms with E-state index >= 15 is 0 Å². The molecule has 0 bridgehead atoms. The van der Waals surface area contributed by atoms with E-state index in [9.17, 15) is 0 Å². The van der Waals surface area contributed by atoms with E-state index in [1.807, 2.05) is 42.7 Å². The molecule has 3 heterocycles. The van der Waals surface area contributed by atoms with Crippen LogP contribution in [0.25, 0.3) is 33.4 Å². The number of hydrogen-bond acceptors (Lipinski definition) is 3. The van der Waals surface area contributed by atoms with Gasteiger partial charge in [0.25, 0.3) is 0 Å². The Balaban J connectivity index is 1.91. The fraction of sp³-hybridized carbons (Fsp3) is 0. The van der Waals surface area contributed by atoms with Crippen LogP contribution in [0.4, 0.5) is 0 Å². The molecule has 4 nitrogen and oxygen atoms in total. The van der Waals surface area contributed by atoms with Crippen LogP contribution < -0.4 is 0 Å². The summed E-state index contributed by atoms with van der Waals surface area (Å²) in [5, 5.41) is 8.37. The molecule has 0 amide bonds. The first-order valence-electron chi connectivity index (χ1n) is 6.72. The van der Waals surface area contributed by atoms with Gasteiger partial charge >= 0.3 is 0 Å². The van der Waals surface area contributed by atoms with Crippen molar-refractivity contribution >= 4 is 11.0 Å². The Morgan fingerprint density at radius 1 is 0.810 bits per heavy atom. The zero-order valence-electron chi connectivity index (χ0n) is 11.2. The molecule has 3 aromatic heterocycles. The molecule has 100 valence electrons. The Bertz CT molecular complexity index is 882. The molecule has 4 aromatic rings. The lowest BCUT2D eigenvalue weighted by molar-refractivity contribution is 1.10. The standard InChI is InChI=1S/C17H12N4/c1-2-5-12(6-3-1)16-15-9-14(11-19-17(15)21-20-16)13-7-4-8-18-10-13/h1-11H,(H,19,20,21). The third-order valence-electron chi connectivity index (χ3n) is 3.47. The highest BCUT2D eigenvalue weighted by molar-refractivity contribution is 5.93. The van der Waals surface area contributed by atoms with Crippen molar-refractivity contribution in [2.24, 2.45) is 0 Å². The first kappa shape index (κ1) is 11.8. The molecule has 1 N–H and O–H groups in total. The lowest BCUT2D eigenvalue weighted by Gasteiger charge is -2.02. The summed E-state index contributed by atoms with van der Waals surface area (Å²) in [7, 11) is 0. The number of aromatic amines is 1. The summed E-state index contributed by atoms with van der Waals surface area (Å²) in [6.07, 6.45) is 5.43.